The van der Waals surface area contributed by atoms with Gasteiger partial charge in [0.15, 0.2) is 5.65 Å². The SMILES string of the molecule is CCC(C)n1ncc2c(C(=O)N3CCCC(C(C)O)C3)cc(C)nc21. The van der Waals surface area contributed by atoms with E-state index in [1.54, 1.807) is 6.20 Å². The summed E-state index contributed by atoms with van der Waals surface area (Å²) in [6.07, 6.45) is 4.23. The molecule has 3 unspecified atom stereocenters. The van der Waals surface area contributed by atoms with Gasteiger partial charge in [0, 0.05) is 24.7 Å². The van der Waals surface area contributed by atoms with Crippen LogP contribution in [0.15, 0.2) is 12.3 Å². The maximum absolute atomic E-state index is 13.2. The molecular weight excluding hydrogens is 316 g/mol. The van der Waals surface area contributed by atoms with Crippen LogP contribution in [0, 0.1) is 12.8 Å². The van der Waals surface area contributed by atoms with Gasteiger partial charge in [0.2, 0.25) is 0 Å². The largest absolute Gasteiger partial charge is 0.393 e. The third-order valence-corrected chi connectivity index (χ3v) is 5.36. The number of carbonyl (C=O) groups excluding carboxylic acids is 1. The van der Waals surface area contributed by atoms with Crippen molar-refractivity contribution in [3.05, 3.63) is 23.5 Å². The van der Waals surface area contributed by atoms with Crippen LogP contribution in [0.4, 0.5) is 0 Å². The first-order valence-corrected chi connectivity index (χ1v) is 9.24. The van der Waals surface area contributed by atoms with E-state index in [0.717, 1.165) is 42.5 Å². The lowest BCUT2D eigenvalue weighted by atomic mass is 9.93. The molecule has 1 aliphatic heterocycles. The second-order valence-corrected chi connectivity index (χ2v) is 7.29. The van der Waals surface area contributed by atoms with Crippen LogP contribution in [0.5, 0.6) is 0 Å². The lowest BCUT2D eigenvalue weighted by Crippen LogP contribution is -2.43. The van der Waals surface area contributed by atoms with Crippen molar-refractivity contribution in [3.63, 3.8) is 0 Å². The second-order valence-electron chi connectivity index (χ2n) is 7.29. The molecule has 3 heterocycles. The van der Waals surface area contributed by atoms with Gasteiger partial charge < -0.3 is 10.0 Å². The van der Waals surface area contributed by atoms with Crippen molar-refractivity contribution in [1.29, 1.82) is 0 Å². The fraction of sp³-hybridized carbons (Fsp3) is 0.632. The molecule has 0 aromatic carbocycles. The number of hydrogen-bond donors (Lipinski definition) is 1. The molecule has 0 aliphatic carbocycles. The van der Waals surface area contributed by atoms with Gasteiger partial charge in [-0.15, -0.1) is 0 Å². The summed E-state index contributed by atoms with van der Waals surface area (Å²) in [4.78, 5) is 19.7. The van der Waals surface area contributed by atoms with Gasteiger partial charge in [-0.05, 0) is 46.1 Å². The Hall–Kier alpha value is -1.95. The number of hydrogen-bond acceptors (Lipinski definition) is 4. The van der Waals surface area contributed by atoms with Crippen LogP contribution in [-0.2, 0) is 0 Å². The van der Waals surface area contributed by atoms with Gasteiger partial charge in [0.1, 0.15) is 0 Å². The number of pyridine rings is 1. The highest BCUT2D eigenvalue weighted by atomic mass is 16.3. The van der Waals surface area contributed by atoms with Crippen LogP contribution in [0.25, 0.3) is 11.0 Å². The Morgan fingerprint density at radius 2 is 2.20 bits per heavy atom. The molecule has 0 spiro atoms. The van der Waals surface area contributed by atoms with Crippen molar-refractivity contribution in [2.45, 2.75) is 59.1 Å². The van der Waals surface area contributed by atoms with Crippen LogP contribution in [0.2, 0.25) is 0 Å². The Kier molecular flexibility index (Phi) is 5.08. The molecule has 136 valence electrons. The van der Waals surface area contributed by atoms with Crippen molar-refractivity contribution in [3.8, 4) is 0 Å². The van der Waals surface area contributed by atoms with Crippen molar-refractivity contribution in [2.24, 2.45) is 5.92 Å². The number of fused-ring (bicyclic) bond motifs is 1. The van der Waals surface area contributed by atoms with Crippen molar-refractivity contribution in [2.75, 3.05) is 13.1 Å². The topological polar surface area (TPSA) is 71.2 Å². The average Bonchev–Trinajstić information content (AvgIpc) is 3.03. The van der Waals surface area contributed by atoms with Gasteiger partial charge in [-0.1, -0.05) is 6.92 Å². The first-order valence-electron chi connectivity index (χ1n) is 9.24. The zero-order chi connectivity index (χ0) is 18.1. The van der Waals surface area contributed by atoms with E-state index in [2.05, 4.69) is 23.9 Å². The van der Waals surface area contributed by atoms with Crippen LogP contribution < -0.4 is 0 Å². The van der Waals surface area contributed by atoms with E-state index < -0.39 is 0 Å². The lowest BCUT2D eigenvalue weighted by Gasteiger charge is -2.34. The van der Waals surface area contributed by atoms with E-state index in [-0.39, 0.29) is 24.0 Å². The molecule has 3 atom stereocenters. The molecule has 1 fully saturated rings. The van der Waals surface area contributed by atoms with E-state index in [9.17, 15) is 9.90 Å². The second kappa shape index (κ2) is 7.12. The first-order chi connectivity index (χ1) is 11.9. The minimum absolute atomic E-state index is 0.0181. The number of carbonyl (C=O) groups is 1. The molecule has 3 rings (SSSR count). The molecule has 1 N–H and O–H groups in total. The number of aliphatic hydroxyl groups excluding tert-OH is 1. The van der Waals surface area contributed by atoms with Crippen molar-refractivity contribution in [1.82, 2.24) is 19.7 Å². The van der Waals surface area contributed by atoms with Gasteiger partial charge in [-0.25, -0.2) is 9.67 Å². The fourth-order valence-electron chi connectivity index (χ4n) is 3.57. The number of piperidine rings is 1. The summed E-state index contributed by atoms with van der Waals surface area (Å²) in [6, 6.07) is 2.10. The summed E-state index contributed by atoms with van der Waals surface area (Å²) in [5.74, 6) is 0.170. The summed E-state index contributed by atoms with van der Waals surface area (Å²) in [7, 11) is 0. The molecule has 1 aliphatic rings. The number of nitrogens with zero attached hydrogens (tertiary/aromatic N) is 4. The quantitative estimate of drug-likeness (QED) is 0.926. The number of aromatic nitrogens is 3. The maximum atomic E-state index is 13.2. The predicted molar refractivity (Wildman–Crippen MR) is 97.6 cm³/mol. The normalized spacial score (nSPS) is 20.7. The van der Waals surface area contributed by atoms with E-state index in [4.69, 9.17) is 0 Å². The van der Waals surface area contributed by atoms with Gasteiger partial charge >= 0.3 is 0 Å². The number of likely N-dealkylation sites (tertiary alicyclic amines) is 1. The highest BCUT2D eigenvalue weighted by molar-refractivity contribution is 6.05. The van der Waals surface area contributed by atoms with Gasteiger partial charge in [0.25, 0.3) is 5.91 Å². The molecule has 0 bridgehead atoms. The molecule has 1 saturated heterocycles. The summed E-state index contributed by atoms with van der Waals surface area (Å²) in [5, 5.41) is 15.2. The lowest BCUT2D eigenvalue weighted by molar-refractivity contribution is 0.0467. The summed E-state index contributed by atoms with van der Waals surface area (Å²) < 4.78 is 1.91. The fourth-order valence-corrected chi connectivity index (χ4v) is 3.57. The molecule has 1 amide bonds. The third kappa shape index (κ3) is 3.40. The monoisotopic (exact) mass is 344 g/mol. The standard InChI is InChI=1S/C19H28N4O2/c1-5-13(3)23-18-17(10-20-23)16(9-12(2)21-18)19(25)22-8-6-7-15(11-22)14(4)24/h9-10,13-15,24H,5-8,11H2,1-4H3. The van der Waals surface area contributed by atoms with E-state index >= 15 is 0 Å². The van der Waals surface area contributed by atoms with Crippen molar-refractivity contribution < 1.29 is 9.90 Å². The van der Waals surface area contributed by atoms with Gasteiger partial charge in [0.05, 0.1) is 29.3 Å². The molecule has 25 heavy (non-hydrogen) atoms. The van der Waals surface area contributed by atoms with E-state index in [1.165, 1.54) is 0 Å². The molecule has 0 saturated carbocycles. The first kappa shape index (κ1) is 17.9. The minimum Gasteiger partial charge on any atom is -0.393 e. The van der Waals surface area contributed by atoms with Gasteiger partial charge in [-0.3, -0.25) is 4.79 Å². The zero-order valence-electron chi connectivity index (χ0n) is 15.6. The van der Waals surface area contributed by atoms with Crippen LogP contribution in [0.3, 0.4) is 0 Å². The smallest absolute Gasteiger partial charge is 0.254 e. The summed E-state index contributed by atoms with van der Waals surface area (Å²) in [6.45, 7) is 9.30. The summed E-state index contributed by atoms with van der Waals surface area (Å²) in [5.41, 5.74) is 2.27. The maximum Gasteiger partial charge on any atom is 0.254 e. The van der Waals surface area contributed by atoms with Crippen LogP contribution in [0.1, 0.15) is 62.1 Å². The Morgan fingerprint density at radius 3 is 2.88 bits per heavy atom. The van der Waals surface area contributed by atoms with E-state index in [1.807, 2.05) is 29.5 Å². The molecule has 6 nitrogen and oxygen atoms in total. The minimum atomic E-state index is -0.386. The number of aliphatic hydroxyl groups is 1. The predicted octanol–water partition coefficient (Wildman–Crippen LogP) is 2.94. The molecule has 0 radical (unpaired) electrons. The van der Waals surface area contributed by atoms with Crippen molar-refractivity contribution >= 4 is 16.9 Å². The zero-order valence-corrected chi connectivity index (χ0v) is 15.6. The molecule has 2 aromatic rings. The average molecular weight is 344 g/mol. The van der Waals surface area contributed by atoms with E-state index in [0.29, 0.717) is 12.1 Å². The third-order valence-electron chi connectivity index (χ3n) is 5.36. The Bertz CT molecular complexity index is 768. The highest BCUT2D eigenvalue weighted by Crippen LogP contribution is 2.26. The Balaban J connectivity index is 1.97. The summed E-state index contributed by atoms with van der Waals surface area (Å²) >= 11 is 0. The Labute approximate surface area is 148 Å². The number of amides is 1. The molecular formula is C19H28N4O2. The van der Waals surface area contributed by atoms with Gasteiger partial charge in [-0.2, -0.15) is 5.10 Å². The highest BCUT2D eigenvalue weighted by Gasteiger charge is 2.28. The molecule has 2 aromatic heterocycles. The number of aryl methyl sites for hydroxylation is 1. The number of rotatable bonds is 4. The Morgan fingerprint density at radius 1 is 1.44 bits per heavy atom. The van der Waals surface area contributed by atoms with Crippen LogP contribution in [-0.4, -0.2) is 49.9 Å². The van der Waals surface area contributed by atoms with Crippen LogP contribution >= 0.6 is 0 Å². The molecule has 6 heteroatoms.